The second-order valence-electron chi connectivity index (χ2n) is 14.9. The Hall–Kier alpha value is -6.38. The van der Waals surface area contributed by atoms with Gasteiger partial charge in [0.2, 0.25) is 11.8 Å². The summed E-state index contributed by atoms with van der Waals surface area (Å²) in [6.45, 7) is 2.68. The molecule has 1 radical (unpaired) electrons. The van der Waals surface area contributed by atoms with Gasteiger partial charge in [0.15, 0.2) is 0 Å². The molecule has 5 heterocycles. The standard InChI is InChI=1S/C28H34N6O5S3.2C11H6F2N.Ir/c1-20-9-13-29-22(17-20)23-18-21(10-14-30-23)27(36)34-24(19-42(2,38)39)28(37)33-12-5-3-7-25(35)31-15-16-40-41-26-8-4-6-11-32-26;2*12-8-4-5-9(10(13)7-8)11-3-1-2-6-14-11;/h4,6,8-11,13-14,17-18,24H,3,5,7,12,15-16,19H2,1-2H3,(H,31,35)(H,33,37)(H,34,36);2*1-4,6-7H;/q;2*-1;. The molecule has 5 aromatic heterocycles. The van der Waals surface area contributed by atoms with E-state index in [1.54, 1.807) is 82.8 Å². The van der Waals surface area contributed by atoms with Crippen LogP contribution in [0.25, 0.3) is 33.9 Å². The minimum absolute atomic E-state index is 0. The number of unbranched alkanes of at least 4 members (excludes halogenated alkanes) is 1. The normalized spacial score (nSPS) is 11.0. The second kappa shape index (κ2) is 29.7. The summed E-state index contributed by atoms with van der Waals surface area (Å²) in [5.41, 5.74) is 3.53. The molecule has 0 aliphatic rings. The average molecular weight is 1200 g/mol. The first-order valence-corrected chi connectivity index (χ1v) is 25.7. The fourth-order valence-electron chi connectivity index (χ4n) is 5.98. The van der Waals surface area contributed by atoms with Crippen molar-refractivity contribution in [1.29, 1.82) is 0 Å². The van der Waals surface area contributed by atoms with E-state index in [0.29, 0.717) is 48.6 Å². The van der Waals surface area contributed by atoms with Crippen LogP contribution in [0.15, 0.2) is 139 Å². The van der Waals surface area contributed by atoms with E-state index in [4.69, 9.17) is 0 Å². The molecule has 0 aliphatic carbocycles. The molecule has 3 N–H and O–H groups in total. The van der Waals surface area contributed by atoms with E-state index in [1.807, 2.05) is 37.3 Å². The maximum atomic E-state index is 13.2. The van der Waals surface area contributed by atoms with E-state index in [0.717, 1.165) is 46.9 Å². The molecule has 3 amide bonds. The van der Waals surface area contributed by atoms with Crippen LogP contribution in [0.1, 0.15) is 35.2 Å². The summed E-state index contributed by atoms with van der Waals surface area (Å²) in [5.74, 6) is -3.69. The fourth-order valence-corrected chi connectivity index (χ4v) is 8.61. The predicted octanol–water partition coefficient (Wildman–Crippen LogP) is 8.48. The summed E-state index contributed by atoms with van der Waals surface area (Å²) in [5, 5.41) is 8.98. The second-order valence-corrected chi connectivity index (χ2v) is 19.6. The van der Waals surface area contributed by atoms with Crippen LogP contribution in [0, 0.1) is 42.3 Å². The third-order valence-electron chi connectivity index (χ3n) is 9.27. The van der Waals surface area contributed by atoms with Crippen molar-refractivity contribution < 1.29 is 60.5 Å². The first kappa shape index (κ1) is 57.2. The van der Waals surface area contributed by atoms with E-state index in [2.05, 4.69) is 53.0 Å². The van der Waals surface area contributed by atoms with E-state index >= 15 is 0 Å². The van der Waals surface area contributed by atoms with Crippen LogP contribution in [0.2, 0.25) is 0 Å². The molecular weight excluding hydrogens is 1160 g/mol. The van der Waals surface area contributed by atoms with E-state index in [9.17, 15) is 40.4 Å². The number of aromatic nitrogens is 5. The monoisotopic (exact) mass is 1200 g/mol. The number of nitrogens with one attached hydrogen (secondary N) is 3. The van der Waals surface area contributed by atoms with Crippen LogP contribution in [-0.2, 0) is 39.5 Å². The van der Waals surface area contributed by atoms with Gasteiger partial charge in [0.1, 0.15) is 20.9 Å². The Morgan fingerprint density at radius 2 is 1.23 bits per heavy atom. The minimum atomic E-state index is -3.59. The van der Waals surface area contributed by atoms with Crippen LogP contribution in [-0.4, -0.2) is 88.0 Å². The number of sulfone groups is 1. The third kappa shape index (κ3) is 20.5. The maximum Gasteiger partial charge on any atom is 0.252 e. The van der Waals surface area contributed by atoms with Crippen molar-refractivity contribution in [3.63, 3.8) is 0 Å². The Bertz CT molecular complexity index is 2830. The van der Waals surface area contributed by atoms with Crippen molar-refractivity contribution in [2.45, 2.75) is 37.3 Å². The van der Waals surface area contributed by atoms with E-state index in [1.165, 1.54) is 18.3 Å². The fraction of sp³-hybridized carbons (Fsp3) is 0.200. The number of amides is 3. The molecule has 373 valence electrons. The molecule has 7 rings (SSSR count). The van der Waals surface area contributed by atoms with Crippen LogP contribution in [0.4, 0.5) is 17.6 Å². The zero-order valence-electron chi connectivity index (χ0n) is 38.1. The molecule has 13 nitrogen and oxygen atoms in total. The molecule has 0 saturated carbocycles. The SMILES string of the molecule is Cc1ccnc(-c2cc(C(=O)NC(CS(C)(=O)=O)C(=O)NCCCCC(=O)NCCSSc3ccccn3)ccn2)c1.Fc1c[c-]c(-c2ccccn2)c(F)c1.Fc1c[c-]c(-c2ccccn2)c(F)c1.[Ir]. The molecule has 1 atom stereocenters. The largest absolute Gasteiger partial charge is 0.355 e. The van der Waals surface area contributed by atoms with Gasteiger partial charge in [0.05, 0.1) is 17.1 Å². The van der Waals surface area contributed by atoms with Crippen molar-refractivity contribution in [2.75, 3.05) is 30.9 Å². The number of nitrogens with zero attached hydrogens (tertiary/aromatic N) is 5. The Labute approximate surface area is 430 Å². The molecule has 0 fully saturated rings. The van der Waals surface area contributed by atoms with Gasteiger partial charge < -0.3 is 25.9 Å². The number of carbonyl (C=O) groups is 3. The average Bonchev–Trinajstić information content (AvgIpc) is 3.34. The van der Waals surface area contributed by atoms with Gasteiger partial charge in [-0.15, -0.1) is 24.3 Å². The van der Waals surface area contributed by atoms with Crippen molar-refractivity contribution in [3.05, 3.63) is 181 Å². The van der Waals surface area contributed by atoms with Gasteiger partial charge >= 0.3 is 0 Å². The number of aryl methyl sites for hydroxylation is 1. The van der Waals surface area contributed by atoms with Crippen molar-refractivity contribution >= 4 is 49.1 Å². The summed E-state index contributed by atoms with van der Waals surface area (Å²) >= 11 is 0. The number of hydrogen-bond donors (Lipinski definition) is 3. The zero-order valence-corrected chi connectivity index (χ0v) is 42.9. The summed E-state index contributed by atoms with van der Waals surface area (Å²) in [6.07, 6.45) is 10.3. The molecule has 21 heteroatoms. The molecule has 0 spiro atoms. The third-order valence-corrected chi connectivity index (χ3v) is 12.5. The number of pyridine rings is 5. The van der Waals surface area contributed by atoms with Gasteiger partial charge in [0, 0.05) is 111 Å². The molecule has 0 aliphatic heterocycles. The summed E-state index contributed by atoms with van der Waals surface area (Å²) in [4.78, 5) is 58.5. The Morgan fingerprint density at radius 3 is 1.76 bits per heavy atom. The summed E-state index contributed by atoms with van der Waals surface area (Å²) in [6, 6.07) is 30.2. The Balaban J connectivity index is 0.000000302. The van der Waals surface area contributed by atoms with Crippen LogP contribution >= 0.6 is 21.6 Å². The minimum Gasteiger partial charge on any atom is -0.355 e. The van der Waals surface area contributed by atoms with E-state index in [-0.39, 0.29) is 49.2 Å². The quantitative estimate of drug-likeness (QED) is 0.0323. The molecule has 0 bridgehead atoms. The van der Waals surface area contributed by atoms with Gasteiger partial charge in [-0.1, -0.05) is 64.4 Å². The predicted molar refractivity (Wildman–Crippen MR) is 262 cm³/mol. The molecule has 1 unspecified atom stereocenters. The van der Waals surface area contributed by atoms with Gasteiger partial charge in [-0.25, -0.2) is 13.4 Å². The Kier molecular flexibility index (Phi) is 23.9. The molecule has 71 heavy (non-hydrogen) atoms. The number of rotatable bonds is 18. The van der Waals surface area contributed by atoms with Gasteiger partial charge in [-0.3, -0.25) is 41.9 Å². The number of hydrogen-bond acceptors (Lipinski definition) is 12. The summed E-state index contributed by atoms with van der Waals surface area (Å²) < 4.78 is 75.6. The number of halogens is 4. The van der Waals surface area contributed by atoms with Crippen LogP contribution < -0.4 is 16.0 Å². The summed E-state index contributed by atoms with van der Waals surface area (Å²) in [7, 11) is -0.427. The Morgan fingerprint density at radius 1 is 0.662 bits per heavy atom. The van der Waals surface area contributed by atoms with Gasteiger partial charge in [0.25, 0.3) is 5.91 Å². The number of benzene rings is 2. The van der Waals surface area contributed by atoms with Crippen molar-refractivity contribution in [3.8, 4) is 33.9 Å². The van der Waals surface area contributed by atoms with Crippen LogP contribution in [0.5, 0.6) is 0 Å². The number of carbonyl (C=O) groups excluding carboxylic acids is 3. The molecule has 0 saturated heterocycles. The smallest absolute Gasteiger partial charge is 0.252 e. The van der Waals surface area contributed by atoms with Crippen molar-refractivity contribution in [2.24, 2.45) is 0 Å². The zero-order chi connectivity index (χ0) is 50.3. The molecular formula is C50H46F4IrN8O5S3-2. The molecule has 2 aromatic carbocycles. The first-order valence-electron chi connectivity index (χ1n) is 21.3. The first-order chi connectivity index (χ1) is 33.6. The van der Waals surface area contributed by atoms with Crippen molar-refractivity contribution in [1.82, 2.24) is 40.9 Å². The van der Waals surface area contributed by atoms with Crippen LogP contribution in [0.3, 0.4) is 0 Å². The molecule has 7 aromatic rings. The van der Waals surface area contributed by atoms with Gasteiger partial charge in [-0.2, -0.15) is 0 Å². The van der Waals surface area contributed by atoms with Gasteiger partial charge in [-0.05, 0) is 96.0 Å². The topological polar surface area (TPSA) is 186 Å². The maximum absolute atomic E-state index is 13.2. The van der Waals surface area contributed by atoms with E-state index < -0.39 is 56.7 Å².